The molecule has 1 atom stereocenters. The van der Waals surface area contributed by atoms with Crippen LogP contribution in [0.25, 0.3) is 0 Å². The van der Waals surface area contributed by atoms with Crippen LogP contribution in [0.4, 0.5) is 0 Å². The van der Waals surface area contributed by atoms with Gasteiger partial charge in [-0.15, -0.1) is 0 Å². The minimum atomic E-state index is -0.0169. The Hall–Kier alpha value is -2.28. The summed E-state index contributed by atoms with van der Waals surface area (Å²) in [5, 5.41) is 2.99. The maximum atomic E-state index is 12.9. The molecule has 1 aromatic rings. The van der Waals surface area contributed by atoms with Crippen LogP contribution in [0.1, 0.15) is 50.9 Å². The summed E-state index contributed by atoms with van der Waals surface area (Å²) in [5.41, 5.74) is 0.597. The third kappa shape index (κ3) is 6.92. The average molecular weight is 406 g/mol. The van der Waals surface area contributed by atoms with Gasteiger partial charge in [-0.3, -0.25) is 14.5 Å². The lowest BCUT2D eigenvalue weighted by Crippen LogP contribution is -2.51. The standard InChI is InChI=1S/C22H35N3O4/c1-5-14-29-19-9-8-18(15-20(19)28-7-3)22(27)25-12-10-24(11-13-25)16-21(26)23-17(4)6-2/h8-9,15,17H,5-7,10-14,16H2,1-4H3,(H,23,26). The fourth-order valence-electron chi connectivity index (χ4n) is 3.16. The second kappa shape index (κ2) is 11.7. The van der Waals surface area contributed by atoms with E-state index in [1.807, 2.05) is 31.7 Å². The van der Waals surface area contributed by atoms with Crippen molar-refractivity contribution in [3.63, 3.8) is 0 Å². The zero-order valence-corrected chi connectivity index (χ0v) is 18.2. The maximum absolute atomic E-state index is 12.9. The van der Waals surface area contributed by atoms with Gasteiger partial charge in [-0.05, 0) is 44.9 Å². The van der Waals surface area contributed by atoms with E-state index in [-0.39, 0.29) is 17.9 Å². The number of benzene rings is 1. The van der Waals surface area contributed by atoms with Crippen LogP contribution in [0.3, 0.4) is 0 Å². The highest BCUT2D eigenvalue weighted by Gasteiger charge is 2.24. The van der Waals surface area contributed by atoms with E-state index in [9.17, 15) is 9.59 Å². The van der Waals surface area contributed by atoms with Crippen molar-refractivity contribution in [2.75, 3.05) is 45.9 Å². The number of rotatable bonds is 10. The van der Waals surface area contributed by atoms with Crippen LogP contribution in [0, 0.1) is 0 Å². The molecule has 2 amide bonds. The van der Waals surface area contributed by atoms with Gasteiger partial charge >= 0.3 is 0 Å². The predicted octanol–water partition coefficient (Wildman–Crippen LogP) is 2.55. The predicted molar refractivity (Wildman–Crippen MR) is 114 cm³/mol. The van der Waals surface area contributed by atoms with Crippen molar-refractivity contribution in [3.8, 4) is 11.5 Å². The Morgan fingerprint density at radius 3 is 2.41 bits per heavy atom. The van der Waals surface area contributed by atoms with E-state index in [2.05, 4.69) is 17.1 Å². The molecule has 0 spiro atoms. The summed E-state index contributed by atoms with van der Waals surface area (Å²) >= 11 is 0. The first kappa shape index (κ1) is 23.0. The number of hydrogen-bond donors (Lipinski definition) is 1. The average Bonchev–Trinajstić information content (AvgIpc) is 2.72. The number of carbonyl (C=O) groups is 2. The van der Waals surface area contributed by atoms with Crippen LogP contribution >= 0.6 is 0 Å². The molecule has 1 unspecified atom stereocenters. The molecule has 1 fully saturated rings. The summed E-state index contributed by atoms with van der Waals surface area (Å²) in [6.07, 6.45) is 1.83. The lowest BCUT2D eigenvalue weighted by Gasteiger charge is -2.34. The molecule has 2 rings (SSSR count). The van der Waals surface area contributed by atoms with Gasteiger partial charge in [-0.1, -0.05) is 13.8 Å². The monoisotopic (exact) mass is 405 g/mol. The molecule has 7 heteroatoms. The third-order valence-electron chi connectivity index (χ3n) is 5.00. The SMILES string of the molecule is CCCOc1ccc(C(=O)N2CCN(CC(=O)NC(C)CC)CC2)cc1OCC. The van der Waals surface area contributed by atoms with Crippen molar-refractivity contribution >= 4 is 11.8 Å². The maximum Gasteiger partial charge on any atom is 0.254 e. The van der Waals surface area contributed by atoms with Gasteiger partial charge in [-0.25, -0.2) is 0 Å². The number of nitrogens with zero attached hydrogens (tertiary/aromatic N) is 2. The Morgan fingerprint density at radius 1 is 1.07 bits per heavy atom. The van der Waals surface area contributed by atoms with Gasteiger partial charge in [0, 0.05) is 37.8 Å². The molecule has 1 N–H and O–H groups in total. The zero-order chi connectivity index (χ0) is 21.2. The van der Waals surface area contributed by atoms with Crippen LogP contribution in [0.2, 0.25) is 0 Å². The summed E-state index contributed by atoms with van der Waals surface area (Å²) in [5.74, 6) is 1.30. The van der Waals surface area contributed by atoms with E-state index in [0.717, 1.165) is 12.8 Å². The first-order valence-electron chi connectivity index (χ1n) is 10.7. The van der Waals surface area contributed by atoms with E-state index in [1.54, 1.807) is 12.1 Å². The number of ether oxygens (including phenoxy) is 2. The molecular formula is C22H35N3O4. The number of carbonyl (C=O) groups excluding carboxylic acids is 2. The highest BCUT2D eigenvalue weighted by molar-refractivity contribution is 5.95. The van der Waals surface area contributed by atoms with Crippen LogP contribution < -0.4 is 14.8 Å². The molecule has 29 heavy (non-hydrogen) atoms. The van der Waals surface area contributed by atoms with Crippen molar-refractivity contribution in [2.24, 2.45) is 0 Å². The molecule has 0 radical (unpaired) electrons. The van der Waals surface area contributed by atoms with Gasteiger partial charge in [0.05, 0.1) is 19.8 Å². The van der Waals surface area contributed by atoms with E-state index in [0.29, 0.717) is 63.0 Å². The number of hydrogen-bond acceptors (Lipinski definition) is 5. The number of nitrogens with one attached hydrogen (secondary N) is 1. The van der Waals surface area contributed by atoms with E-state index < -0.39 is 0 Å². The molecule has 0 bridgehead atoms. The first-order chi connectivity index (χ1) is 14.0. The van der Waals surface area contributed by atoms with Gasteiger partial charge < -0.3 is 19.7 Å². The molecule has 1 heterocycles. The molecule has 162 valence electrons. The molecule has 1 aliphatic rings. The number of piperazine rings is 1. The van der Waals surface area contributed by atoms with Crippen LogP contribution in [-0.4, -0.2) is 73.6 Å². The van der Waals surface area contributed by atoms with E-state index in [4.69, 9.17) is 9.47 Å². The summed E-state index contributed by atoms with van der Waals surface area (Å²) in [7, 11) is 0. The van der Waals surface area contributed by atoms with Crippen molar-refractivity contribution < 1.29 is 19.1 Å². The summed E-state index contributed by atoms with van der Waals surface area (Å²) in [4.78, 5) is 28.9. The molecule has 1 aromatic carbocycles. The fourth-order valence-corrected chi connectivity index (χ4v) is 3.16. The van der Waals surface area contributed by atoms with Crippen molar-refractivity contribution in [3.05, 3.63) is 23.8 Å². The van der Waals surface area contributed by atoms with E-state index in [1.165, 1.54) is 0 Å². The fraction of sp³-hybridized carbons (Fsp3) is 0.636. The molecular weight excluding hydrogens is 370 g/mol. The van der Waals surface area contributed by atoms with Gasteiger partial charge in [0.1, 0.15) is 0 Å². The van der Waals surface area contributed by atoms with Crippen LogP contribution in [0.15, 0.2) is 18.2 Å². The number of amides is 2. The Bertz CT molecular complexity index is 672. The van der Waals surface area contributed by atoms with Gasteiger partial charge in [0.15, 0.2) is 11.5 Å². The Morgan fingerprint density at radius 2 is 1.79 bits per heavy atom. The minimum Gasteiger partial charge on any atom is -0.490 e. The van der Waals surface area contributed by atoms with Gasteiger partial charge in [0.2, 0.25) is 5.91 Å². The Kier molecular flexibility index (Phi) is 9.25. The topological polar surface area (TPSA) is 71.1 Å². The lowest BCUT2D eigenvalue weighted by atomic mass is 10.1. The van der Waals surface area contributed by atoms with Crippen molar-refractivity contribution in [2.45, 2.75) is 46.6 Å². The molecule has 0 aliphatic carbocycles. The molecule has 1 aliphatic heterocycles. The second-order valence-electron chi connectivity index (χ2n) is 7.39. The Balaban J connectivity index is 1.93. The van der Waals surface area contributed by atoms with Gasteiger partial charge in [0.25, 0.3) is 5.91 Å². The van der Waals surface area contributed by atoms with Gasteiger partial charge in [-0.2, -0.15) is 0 Å². The van der Waals surface area contributed by atoms with E-state index >= 15 is 0 Å². The minimum absolute atomic E-state index is 0.0169. The summed E-state index contributed by atoms with van der Waals surface area (Å²) in [6, 6.07) is 5.56. The quantitative estimate of drug-likeness (QED) is 0.648. The van der Waals surface area contributed by atoms with Crippen LogP contribution in [-0.2, 0) is 4.79 Å². The molecule has 1 saturated heterocycles. The van der Waals surface area contributed by atoms with Crippen molar-refractivity contribution in [1.29, 1.82) is 0 Å². The van der Waals surface area contributed by atoms with Crippen molar-refractivity contribution in [1.82, 2.24) is 15.1 Å². The largest absolute Gasteiger partial charge is 0.490 e. The highest BCUT2D eigenvalue weighted by Crippen LogP contribution is 2.29. The molecule has 0 aromatic heterocycles. The zero-order valence-electron chi connectivity index (χ0n) is 18.2. The summed E-state index contributed by atoms with van der Waals surface area (Å²) < 4.78 is 11.4. The molecule has 7 nitrogen and oxygen atoms in total. The third-order valence-corrected chi connectivity index (χ3v) is 5.00. The second-order valence-corrected chi connectivity index (χ2v) is 7.39. The smallest absolute Gasteiger partial charge is 0.254 e. The molecule has 0 saturated carbocycles. The normalized spacial score (nSPS) is 15.7. The van der Waals surface area contributed by atoms with Crippen LogP contribution in [0.5, 0.6) is 11.5 Å². The highest BCUT2D eigenvalue weighted by atomic mass is 16.5. The Labute approximate surface area is 174 Å². The lowest BCUT2D eigenvalue weighted by molar-refractivity contribution is -0.123. The first-order valence-corrected chi connectivity index (χ1v) is 10.7. The summed E-state index contributed by atoms with van der Waals surface area (Å²) in [6.45, 7) is 12.1.